The molecular weight excluding hydrogens is 246 g/mol. The highest BCUT2D eigenvalue weighted by Crippen LogP contribution is 2.26. The third-order valence-corrected chi connectivity index (χ3v) is 3.17. The number of nitrogens with one attached hydrogen (secondary N) is 1. The number of rotatable bonds is 2. The second kappa shape index (κ2) is 5.02. The number of nitrogens with zero attached hydrogens (tertiary/aromatic N) is 2. The summed E-state index contributed by atoms with van der Waals surface area (Å²) in [5.41, 5.74) is 4.70. The summed E-state index contributed by atoms with van der Waals surface area (Å²) in [4.78, 5) is 4.33. The number of nitriles is 1. The quantitative estimate of drug-likeness (QED) is 0.751. The van der Waals surface area contributed by atoms with Gasteiger partial charge < -0.3 is 5.32 Å². The molecule has 0 fully saturated rings. The number of pyridine rings is 1. The van der Waals surface area contributed by atoms with Gasteiger partial charge in [0, 0.05) is 23.0 Å². The van der Waals surface area contributed by atoms with Gasteiger partial charge in [0.15, 0.2) is 0 Å². The van der Waals surface area contributed by atoms with E-state index in [0.717, 1.165) is 22.3 Å². The monoisotopic (exact) mass is 259 g/mol. The standard InChI is InChI=1S/C17H13N3/c1-12-3-2-4-14(9-12)20-17-7-8-19-16-6-5-13(11-18)10-15(16)17/h2-10H,1H3,(H,19,20). The molecular formula is C17H13N3. The van der Waals surface area contributed by atoms with Gasteiger partial charge in [0.1, 0.15) is 0 Å². The van der Waals surface area contributed by atoms with Crippen LogP contribution in [0, 0.1) is 18.3 Å². The molecule has 3 rings (SSSR count). The van der Waals surface area contributed by atoms with E-state index >= 15 is 0 Å². The predicted octanol–water partition coefficient (Wildman–Crippen LogP) is 4.16. The molecule has 3 heteroatoms. The first-order chi connectivity index (χ1) is 9.76. The molecule has 1 N–H and O–H groups in total. The lowest BCUT2D eigenvalue weighted by Gasteiger charge is -2.10. The Bertz CT molecular complexity index is 816. The van der Waals surface area contributed by atoms with Crippen LogP contribution in [0.4, 0.5) is 11.4 Å². The Kier molecular flexibility index (Phi) is 3.06. The summed E-state index contributed by atoms with van der Waals surface area (Å²) in [6.07, 6.45) is 1.77. The Morgan fingerprint density at radius 2 is 2.00 bits per heavy atom. The van der Waals surface area contributed by atoms with Crippen molar-refractivity contribution in [2.75, 3.05) is 5.32 Å². The molecule has 0 aliphatic carbocycles. The van der Waals surface area contributed by atoms with Crippen molar-refractivity contribution >= 4 is 22.3 Å². The SMILES string of the molecule is Cc1cccc(Nc2ccnc3ccc(C#N)cc23)c1. The zero-order valence-electron chi connectivity index (χ0n) is 11.1. The van der Waals surface area contributed by atoms with Gasteiger partial charge >= 0.3 is 0 Å². The minimum absolute atomic E-state index is 0.637. The minimum Gasteiger partial charge on any atom is -0.355 e. The number of hydrogen-bond acceptors (Lipinski definition) is 3. The van der Waals surface area contributed by atoms with Gasteiger partial charge in [-0.25, -0.2) is 0 Å². The number of fused-ring (bicyclic) bond motifs is 1. The maximum absolute atomic E-state index is 9.02. The molecule has 0 amide bonds. The molecule has 0 spiro atoms. The first-order valence-electron chi connectivity index (χ1n) is 6.39. The second-order valence-corrected chi connectivity index (χ2v) is 4.70. The van der Waals surface area contributed by atoms with Crippen LogP contribution in [0.1, 0.15) is 11.1 Å². The lowest BCUT2D eigenvalue weighted by Crippen LogP contribution is -1.93. The molecule has 0 aliphatic heterocycles. The van der Waals surface area contributed by atoms with E-state index < -0.39 is 0 Å². The van der Waals surface area contributed by atoms with Gasteiger partial charge in [-0.05, 0) is 48.9 Å². The fourth-order valence-electron chi connectivity index (χ4n) is 2.20. The third kappa shape index (κ3) is 2.32. The molecule has 0 radical (unpaired) electrons. The Morgan fingerprint density at radius 3 is 2.80 bits per heavy atom. The van der Waals surface area contributed by atoms with Crippen LogP contribution in [0.15, 0.2) is 54.7 Å². The van der Waals surface area contributed by atoms with E-state index in [1.165, 1.54) is 5.56 Å². The van der Waals surface area contributed by atoms with Gasteiger partial charge in [-0.15, -0.1) is 0 Å². The molecule has 2 aromatic carbocycles. The fraction of sp³-hybridized carbons (Fsp3) is 0.0588. The lowest BCUT2D eigenvalue weighted by atomic mass is 10.1. The summed E-state index contributed by atoms with van der Waals surface area (Å²) in [5, 5.41) is 13.4. The van der Waals surface area contributed by atoms with Crippen molar-refractivity contribution < 1.29 is 0 Å². The van der Waals surface area contributed by atoms with E-state index in [9.17, 15) is 0 Å². The minimum atomic E-state index is 0.637. The van der Waals surface area contributed by atoms with Gasteiger partial charge in [-0.1, -0.05) is 12.1 Å². The van der Waals surface area contributed by atoms with Crippen molar-refractivity contribution in [3.05, 3.63) is 65.9 Å². The smallest absolute Gasteiger partial charge is 0.0991 e. The van der Waals surface area contributed by atoms with E-state index in [4.69, 9.17) is 5.26 Å². The van der Waals surface area contributed by atoms with Crippen LogP contribution in [-0.2, 0) is 0 Å². The maximum Gasteiger partial charge on any atom is 0.0991 e. The van der Waals surface area contributed by atoms with Crippen molar-refractivity contribution in [3.63, 3.8) is 0 Å². The summed E-state index contributed by atoms with van der Waals surface area (Å²) >= 11 is 0. The molecule has 20 heavy (non-hydrogen) atoms. The van der Waals surface area contributed by atoms with Crippen molar-refractivity contribution in [3.8, 4) is 6.07 Å². The van der Waals surface area contributed by atoms with Crippen LogP contribution in [0.5, 0.6) is 0 Å². The number of aromatic nitrogens is 1. The van der Waals surface area contributed by atoms with Crippen molar-refractivity contribution in [1.82, 2.24) is 4.98 Å². The predicted molar refractivity (Wildman–Crippen MR) is 80.9 cm³/mol. The van der Waals surface area contributed by atoms with Gasteiger partial charge in [0.2, 0.25) is 0 Å². The summed E-state index contributed by atoms with van der Waals surface area (Å²) in [7, 11) is 0. The van der Waals surface area contributed by atoms with Crippen LogP contribution in [0.25, 0.3) is 10.9 Å². The van der Waals surface area contributed by atoms with Crippen LogP contribution in [0.2, 0.25) is 0 Å². The number of aryl methyl sites for hydroxylation is 1. The molecule has 0 bridgehead atoms. The average Bonchev–Trinajstić information content (AvgIpc) is 2.47. The Labute approximate surface area is 117 Å². The molecule has 0 aliphatic rings. The normalized spacial score (nSPS) is 10.2. The van der Waals surface area contributed by atoms with Crippen molar-refractivity contribution in [1.29, 1.82) is 5.26 Å². The van der Waals surface area contributed by atoms with E-state index in [2.05, 4.69) is 35.4 Å². The highest BCUT2D eigenvalue weighted by molar-refractivity contribution is 5.93. The van der Waals surface area contributed by atoms with E-state index in [1.54, 1.807) is 12.3 Å². The highest BCUT2D eigenvalue weighted by Gasteiger charge is 2.04. The largest absolute Gasteiger partial charge is 0.355 e. The summed E-state index contributed by atoms with van der Waals surface area (Å²) in [5.74, 6) is 0. The molecule has 96 valence electrons. The fourth-order valence-corrected chi connectivity index (χ4v) is 2.20. The van der Waals surface area contributed by atoms with E-state index in [0.29, 0.717) is 5.56 Å². The van der Waals surface area contributed by atoms with Gasteiger partial charge in [-0.2, -0.15) is 5.26 Å². The van der Waals surface area contributed by atoms with E-state index in [-0.39, 0.29) is 0 Å². The zero-order valence-corrected chi connectivity index (χ0v) is 11.1. The summed E-state index contributed by atoms with van der Waals surface area (Å²) < 4.78 is 0. The molecule has 3 aromatic rings. The topological polar surface area (TPSA) is 48.7 Å². The average molecular weight is 259 g/mol. The van der Waals surface area contributed by atoms with Crippen LogP contribution in [-0.4, -0.2) is 4.98 Å². The maximum atomic E-state index is 9.02. The number of hydrogen-bond donors (Lipinski definition) is 1. The zero-order chi connectivity index (χ0) is 13.9. The lowest BCUT2D eigenvalue weighted by molar-refractivity contribution is 1.39. The molecule has 0 saturated heterocycles. The van der Waals surface area contributed by atoms with Gasteiger partial charge in [-0.3, -0.25) is 4.98 Å². The highest BCUT2D eigenvalue weighted by atomic mass is 14.9. The van der Waals surface area contributed by atoms with E-state index in [1.807, 2.05) is 30.3 Å². The van der Waals surface area contributed by atoms with Crippen LogP contribution >= 0.6 is 0 Å². The molecule has 0 unspecified atom stereocenters. The Balaban J connectivity index is 2.09. The van der Waals surface area contributed by atoms with Gasteiger partial charge in [0.05, 0.1) is 17.1 Å². The summed E-state index contributed by atoms with van der Waals surface area (Å²) in [6.45, 7) is 2.06. The van der Waals surface area contributed by atoms with Crippen molar-refractivity contribution in [2.45, 2.75) is 6.92 Å². The Hall–Kier alpha value is -2.86. The summed E-state index contributed by atoms with van der Waals surface area (Å²) in [6, 6.07) is 17.8. The third-order valence-electron chi connectivity index (χ3n) is 3.17. The number of benzene rings is 2. The van der Waals surface area contributed by atoms with Crippen molar-refractivity contribution in [2.24, 2.45) is 0 Å². The molecule has 1 heterocycles. The Morgan fingerprint density at radius 1 is 1.10 bits per heavy atom. The van der Waals surface area contributed by atoms with Gasteiger partial charge in [0.25, 0.3) is 0 Å². The first-order valence-corrected chi connectivity index (χ1v) is 6.39. The van der Waals surface area contributed by atoms with Crippen LogP contribution < -0.4 is 5.32 Å². The molecule has 0 atom stereocenters. The molecule has 1 aromatic heterocycles. The second-order valence-electron chi connectivity index (χ2n) is 4.70. The number of anilines is 2. The molecule has 3 nitrogen and oxygen atoms in total. The van der Waals surface area contributed by atoms with Crippen LogP contribution in [0.3, 0.4) is 0 Å². The molecule has 0 saturated carbocycles. The first kappa shape index (κ1) is 12.2.